The molecule has 0 saturated carbocycles. The van der Waals surface area contributed by atoms with Crippen LogP contribution in [-0.2, 0) is 0 Å². The van der Waals surface area contributed by atoms with Gasteiger partial charge in [-0.3, -0.25) is 4.90 Å². The molecule has 0 spiro atoms. The maximum atomic E-state index is 5.91. The molecule has 5 rings (SSSR count). The van der Waals surface area contributed by atoms with E-state index < -0.39 is 0 Å². The predicted molar refractivity (Wildman–Crippen MR) is 131 cm³/mol. The number of likely N-dealkylation sites (tertiary alicyclic amines) is 1. The lowest BCUT2D eigenvalue weighted by molar-refractivity contribution is 0.238. The van der Waals surface area contributed by atoms with Crippen LogP contribution in [0, 0.1) is 6.92 Å². The molecule has 0 radical (unpaired) electrons. The van der Waals surface area contributed by atoms with E-state index in [0.29, 0.717) is 5.95 Å². The van der Waals surface area contributed by atoms with Gasteiger partial charge in [0.05, 0.1) is 5.69 Å². The van der Waals surface area contributed by atoms with E-state index in [1.165, 1.54) is 36.7 Å². The molecule has 0 amide bonds. The van der Waals surface area contributed by atoms with Gasteiger partial charge in [0.25, 0.3) is 0 Å². The zero-order chi connectivity index (χ0) is 21.8. The van der Waals surface area contributed by atoms with Crippen LogP contribution in [0.2, 0.25) is 0 Å². The van der Waals surface area contributed by atoms with Crippen molar-refractivity contribution in [2.45, 2.75) is 19.8 Å². The van der Waals surface area contributed by atoms with Crippen LogP contribution < -0.4 is 10.1 Å². The molecule has 32 heavy (non-hydrogen) atoms. The zero-order valence-corrected chi connectivity index (χ0v) is 18.4. The van der Waals surface area contributed by atoms with Crippen molar-refractivity contribution in [1.82, 2.24) is 14.9 Å². The Balaban J connectivity index is 1.29. The van der Waals surface area contributed by atoms with Crippen molar-refractivity contribution in [3.05, 3.63) is 78.5 Å². The third-order valence-electron chi connectivity index (χ3n) is 6.00. The van der Waals surface area contributed by atoms with Crippen LogP contribution in [0.5, 0.6) is 5.75 Å². The third-order valence-corrected chi connectivity index (χ3v) is 6.00. The Morgan fingerprint density at radius 3 is 2.56 bits per heavy atom. The van der Waals surface area contributed by atoms with Crippen LogP contribution >= 0.6 is 0 Å². The second-order valence-electron chi connectivity index (χ2n) is 8.30. The number of hydrogen-bond acceptors (Lipinski definition) is 5. The number of rotatable bonds is 7. The maximum absolute atomic E-state index is 5.91. The SMILES string of the molecule is Cc1cnc(Nc2ccc(OCCN3CCCC3)cc2)nc1-c1cccc2ccccc12. The lowest BCUT2D eigenvalue weighted by Crippen LogP contribution is -2.25. The minimum absolute atomic E-state index is 0.584. The van der Waals surface area contributed by atoms with Gasteiger partial charge in [0.2, 0.25) is 5.95 Å². The molecule has 5 heteroatoms. The Kier molecular flexibility index (Phi) is 5.99. The van der Waals surface area contributed by atoms with E-state index in [-0.39, 0.29) is 0 Å². The molecule has 1 saturated heterocycles. The van der Waals surface area contributed by atoms with E-state index in [0.717, 1.165) is 41.4 Å². The molecular weight excluding hydrogens is 396 g/mol. The Labute approximate surface area is 189 Å². The highest BCUT2D eigenvalue weighted by Crippen LogP contribution is 2.30. The normalized spacial score (nSPS) is 14.0. The molecule has 0 atom stereocenters. The first-order chi connectivity index (χ1) is 15.8. The number of ether oxygens (including phenoxy) is 1. The van der Waals surface area contributed by atoms with Gasteiger partial charge in [-0.2, -0.15) is 0 Å². The van der Waals surface area contributed by atoms with Crippen LogP contribution in [0.1, 0.15) is 18.4 Å². The molecular formula is C27H28N4O. The molecule has 1 fully saturated rings. The first-order valence-corrected chi connectivity index (χ1v) is 11.3. The van der Waals surface area contributed by atoms with Crippen LogP contribution in [0.15, 0.2) is 72.9 Å². The average molecular weight is 425 g/mol. The summed E-state index contributed by atoms with van der Waals surface area (Å²) in [4.78, 5) is 11.8. The van der Waals surface area contributed by atoms with Gasteiger partial charge in [-0.15, -0.1) is 0 Å². The lowest BCUT2D eigenvalue weighted by atomic mass is 10.00. The molecule has 1 aromatic heterocycles. The van der Waals surface area contributed by atoms with E-state index in [1.54, 1.807) is 0 Å². The molecule has 0 aliphatic carbocycles. The van der Waals surface area contributed by atoms with Crippen LogP contribution in [0.25, 0.3) is 22.0 Å². The Morgan fingerprint density at radius 1 is 0.938 bits per heavy atom. The Morgan fingerprint density at radius 2 is 1.72 bits per heavy atom. The van der Waals surface area contributed by atoms with Crippen LogP contribution in [-0.4, -0.2) is 41.1 Å². The summed E-state index contributed by atoms with van der Waals surface area (Å²) in [7, 11) is 0. The molecule has 1 N–H and O–H groups in total. The minimum Gasteiger partial charge on any atom is -0.492 e. The van der Waals surface area contributed by atoms with E-state index in [9.17, 15) is 0 Å². The van der Waals surface area contributed by atoms with Crippen LogP contribution in [0.3, 0.4) is 0 Å². The Hall–Kier alpha value is -3.44. The quantitative estimate of drug-likeness (QED) is 0.405. The summed E-state index contributed by atoms with van der Waals surface area (Å²) in [5.74, 6) is 1.47. The van der Waals surface area contributed by atoms with E-state index >= 15 is 0 Å². The number of nitrogens with one attached hydrogen (secondary N) is 1. The summed E-state index contributed by atoms with van der Waals surface area (Å²) < 4.78 is 5.91. The summed E-state index contributed by atoms with van der Waals surface area (Å²) >= 11 is 0. The average Bonchev–Trinajstić information content (AvgIpc) is 3.35. The van der Waals surface area contributed by atoms with E-state index in [1.807, 2.05) is 30.5 Å². The number of aromatic nitrogens is 2. The highest BCUT2D eigenvalue weighted by molar-refractivity contribution is 5.96. The summed E-state index contributed by atoms with van der Waals surface area (Å²) in [6, 6.07) is 22.7. The number of benzene rings is 3. The summed E-state index contributed by atoms with van der Waals surface area (Å²) in [5, 5.41) is 5.73. The van der Waals surface area contributed by atoms with Crippen molar-refractivity contribution in [1.29, 1.82) is 0 Å². The minimum atomic E-state index is 0.584. The largest absolute Gasteiger partial charge is 0.492 e. The van der Waals surface area contributed by atoms with Gasteiger partial charge < -0.3 is 10.1 Å². The smallest absolute Gasteiger partial charge is 0.227 e. The number of anilines is 2. The van der Waals surface area contributed by atoms with Gasteiger partial charge >= 0.3 is 0 Å². The number of fused-ring (bicyclic) bond motifs is 1. The van der Waals surface area contributed by atoms with Gasteiger partial charge in [-0.05, 0) is 73.5 Å². The van der Waals surface area contributed by atoms with Crippen molar-refractivity contribution >= 4 is 22.4 Å². The highest BCUT2D eigenvalue weighted by Gasteiger charge is 2.12. The van der Waals surface area contributed by atoms with Crippen molar-refractivity contribution < 1.29 is 4.74 Å². The second-order valence-corrected chi connectivity index (χ2v) is 8.30. The Bertz CT molecular complexity index is 1190. The van der Waals surface area contributed by atoms with Crippen molar-refractivity contribution in [2.24, 2.45) is 0 Å². The summed E-state index contributed by atoms with van der Waals surface area (Å²) in [5.41, 5.74) is 4.05. The fourth-order valence-corrected chi connectivity index (χ4v) is 4.27. The standard InChI is InChI=1S/C27H28N4O/c1-20-19-28-27(30-26(20)25-10-6-8-21-7-2-3-9-24(21)25)29-22-11-13-23(14-12-22)32-18-17-31-15-4-5-16-31/h2-3,6-14,19H,4-5,15-18H2,1H3,(H,28,29,30). The maximum Gasteiger partial charge on any atom is 0.227 e. The first kappa shape index (κ1) is 20.5. The van der Waals surface area contributed by atoms with E-state index in [4.69, 9.17) is 9.72 Å². The molecule has 5 nitrogen and oxygen atoms in total. The number of nitrogens with zero attached hydrogens (tertiary/aromatic N) is 3. The fourth-order valence-electron chi connectivity index (χ4n) is 4.27. The highest BCUT2D eigenvalue weighted by atomic mass is 16.5. The van der Waals surface area contributed by atoms with Gasteiger partial charge in [-0.1, -0.05) is 42.5 Å². The predicted octanol–water partition coefficient (Wildman–Crippen LogP) is 5.82. The molecule has 3 aromatic carbocycles. The third kappa shape index (κ3) is 4.58. The van der Waals surface area contributed by atoms with Crippen molar-refractivity contribution in [3.8, 4) is 17.0 Å². The van der Waals surface area contributed by atoms with Gasteiger partial charge in [0.15, 0.2) is 0 Å². The van der Waals surface area contributed by atoms with Gasteiger partial charge in [0.1, 0.15) is 12.4 Å². The zero-order valence-electron chi connectivity index (χ0n) is 18.4. The monoisotopic (exact) mass is 424 g/mol. The first-order valence-electron chi connectivity index (χ1n) is 11.3. The van der Waals surface area contributed by atoms with E-state index in [2.05, 4.69) is 64.6 Å². The van der Waals surface area contributed by atoms with Crippen molar-refractivity contribution in [3.63, 3.8) is 0 Å². The summed E-state index contributed by atoms with van der Waals surface area (Å²) in [6.07, 6.45) is 4.50. The number of hydrogen-bond donors (Lipinski definition) is 1. The summed E-state index contributed by atoms with van der Waals surface area (Å²) in [6.45, 7) is 6.17. The van der Waals surface area contributed by atoms with Crippen molar-refractivity contribution in [2.75, 3.05) is 31.6 Å². The molecule has 1 aliphatic rings. The molecule has 0 bridgehead atoms. The van der Waals surface area contributed by atoms with Crippen LogP contribution in [0.4, 0.5) is 11.6 Å². The molecule has 4 aromatic rings. The number of aryl methyl sites for hydroxylation is 1. The molecule has 162 valence electrons. The lowest BCUT2D eigenvalue weighted by Gasteiger charge is -2.15. The molecule has 0 unspecified atom stereocenters. The molecule has 1 aliphatic heterocycles. The van der Waals surface area contributed by atoms with Gasteiger partial charge in [-0.25, -0.2) is 9.97 Å². The topological polar surface area (TPSA) is 50.3 Å². The van der Waals surface area contributed by atoms with Gasteiger partial charge in [0, 0.05) is 24.0 Å². The molecule has 2 heterocycles. The fraction of sp³-hybridized carbons (Fsp3) is 0.259. The second kappa shape index (κ2) is 9.37.